The maximum absolute atomic E-state index is 6.38. The van der Waals surface area contributed by atoms with Gasteiger partial charge in [-0.3, -0.25) is 4.98 Å². The lowest BCUT2D eigenvalue weighted by molar-refractivity contribution is 0.450. The van der Waals surface area contributed by atoms with E-state index in [1.54, 1.807) is 22.7 Å². The summed E-state index contributed by atoms with van der Waals surface area (Å²) in [7, 11) is 0. The van der Waals surface area contributed by atoms with E-state index in [-0.39, 0.29) is 5.54 Å². The molecule has 16 heavy (non-hydrogen) atoms. The molecule has 0 aliphatic heterocycles. The van der Waals surface area contributed by atoms with Crippen molar-refractivity contribution in [3.8, 4) is 9.88 Å². The average Bonchev–Trinajstić information content (AvgIpc) is 2.98. The summed E-state index contributed by atoms with van der Waals surface area (Å²) in [6, 6.07) is 0. The van der Waals surface area contributed by atoms with Gasteiger partial charge in [-0.2, -0.15) is 0 Å². The van der Waals surface area contributed by atoms with Gasteiger partial charge in [-0.25, -0.2) is 4.98 Å². The number of hydrogen-bond acceptors (Lipinski definition) is 5. The summed E-state index contributed by atoms with van der Waals surface area (Å²) >= 11 is 3.30. The number of nitrogens with zero attached hydrogens (tertiary/aromatic N) is 2. The zero-order valence-corrected chi connectivity index (χ0v) is 10.5. The number of hydrogen-bond donors (Lipinski definition) is 1. The van der Waals surface area contributed by atoms with Gasteiger partial charge in [-0.1, -0.05) is 12.8 Å². The predicted molar refractivity (Wildman–Crippen MR) is 67.6 cm³/mol. The van der Waals surface area contributed by atoms with E-state index in [2.05, 4.69) is 15.3 Å². The smallest absolute Gasteiger partial charge is 0.135 e. The van der Waals surface area contributed by atoms with Gasteiger partial charge in [0.15, 0.2) is 0 Å². The predicted octanol–water partition coefficient (Wildman–Crippen LogP) is 2.99. The maximum Gasteiger partial charge on any atom is 0.135 e. The Hall–Kier alpha value is -0.780. The van der Waals surface area contributed by atoms with Crippen molar-refractivity contribution in [2.24, 2.45) is 5.73 Å². The molecule has 0 unspecified atom stereocenters. The Balaban J connectivity index is 1.93. The number of nitrogens with two attached hydrogens (primary N) is 1. The van der Waals surface area contributed by atoms with Gasteiger partial charge in [0.05, 0.1) is 21.6 Å². The topological polar surface area (TPSA) is 51.8 Å². The van der Waals surface area contributed by atoms with Crippen LogP contribution in [0.15, 0.2) is 17.1 Å². The van der Waals surface area contributed by atoms with E-state index in [1.807, 2.05) is 11.7 Å². The molecule has 0 saturated heterocycles. The third kappa shape index (κ3) is 1.69. The van der Waals surface area contributed by atoms with Crippen LogP contribution in [0.5, 0.6) is 0 Å². The van der Waals surface area contributed by atoms with Crippen molar-refractivity contribution in [3.63, 3.8) is 0 Å². The summed E-state index contributed by atoms with van der Waals surface area (Å²) in [5.41, 5.74) is 9.12. The first-order valence-electron chi connectivity index (χ1n) is 5.42. The van der Waals surface area contributed by atoms with Crippen LogP contribution in [0.3, 0.4) is 0 Å². The lowest BCUT2D eigenvalue weighted by Crippen LogP contribution is -2.33. The number of thiazole rings is 2. The van der Waals surface area contributed by atoms with Crippen molar-refractivity contribution in [1.29, 1.82) is 0 Å². The Morgan fingerprint density at radius 2 is 2.06 bits per heavy atom. The molecule has 5 heteroatoms. The highest BCUT2D eigenvalue weighted by Gasteiger charge is 2.33. The molecule has 0 spiro atoms. The summed E-state index contributed by atoms with van der Waals surface area (Å²) in [4.78, 5) is 9.88. The van der Waals surface area contributed by atoms with Gasteiger partial charge in [0.1, 0.15) is 5.01 Å². The molecule has 3 rings (SSSR count). The van der Waals surface area contributed by atoms with E-state index in [1.165, 1.54) is 12.8 Å². The lowest BCUT2D eigenvalue weighted by atomic mass is 9.96. The van der Waals surface area contributed by atoms with Crippen LogP contribution < -0.4 is 5.73 Å². The molecule has 0 amide bonds. The van der Waals surface area contributed by atoms with E-state index < -0.39 is 0 Å². The van der Waals surface area contributed by atoms with Crippen molar-refractivity contribution < 1.29 is 0 Å². The zero-order chi connectivity index (χ0) is 11.0. The van der Waals surface area contributed by atoms with Crippen molar-refractivity contribution in [2.45, 2.75) is 31.2 Å². The molecular formula is C11H13N3S2. The zero-order valence-electron chi connectivity index (χ0n) is 8.85. The largest absolute Gasteiger partial charge is 0.320 e. The van der Waals surface area contributed by atoms with Gasteiger partial charge in [-0.05, 0) is 12.8 Å². The fraction of sp³-hybridized carbons (Fsp3) is 0.455. The average molecular weight is 251 g/mol. The second-order valence-corrected chi connectivity index (χ2v) is 6.01. The standard InChI is InChI=1S/C11H13N3S2/c12-11(3-1-2-4-11)9-6-15-10(14-9)8-5-13-7-16-8/h5-7H,1-4,12H2. The Morgan fingerprint density at radius 3 is 2.75 bits per heavy atom. The van der Waals surface area contributed by atoms with Gasteiger partial charge < -0.3 is 5.73 Å². The van der Waals surface area contributed by atoms with Crippen LogP contribution in [-0.4, -0.2) is 9.97 Å². The van der Waals surface area contributed by atoms with Crippen LogP contribution in [0.4, 0.5) is 0 Å². The fourth-order valence-corrected chi connectivity index (χ4v) is 3.82. The minimum absolute atomic E-state index is 0.167. The normalized spacial score (nSPS) is 19.1. The van der Waals surface area contributed by atoms with Gasteiger partial charge in [0, 0.05) is 11.6 Å². The third-order valence-corrected chi connectivity index (χ3v) is 4.94. The first-order valence-corrected chi connectivity index (χ1v) is 7.18. The molecule has 1 aliphatic rings. The molecule has 1 fully saturated rings. The highest BCUT2D eigenvalue weighted by atomic mass is 32.1. The van der Waals surface area contributed by atoms with E-state index in [9.17, 15) is 0 Å². The molecule has 0 atom stereocenters. The van der Waals surface area contributed by atoms with Crippen LogP contribution in [0, 0.1) is 0 Å². The monoisotopic (exact) mass is 251 g/mol. The SMILES string of the molecule is NC1(c2csc(-c3cncs3)n2)CCCC1. The van der Waals surface area contributed by atoms with Gasteiger partial charge >= 0.3 is 0 Å². The summed E-state index contributed by atoms with van der Waals surface area (Å²) in [5, 5.41) is 3.16. The van der Waals surface area contributed by atoms with Crippen LogP contribution in [0.1, 0.15) is 31.4 Å². The molecule has 2 heterocycles. The summed E-state index contributed by atoms with van der Waals surface area (Å²) in [6.45, 7) is 0. The third-order valence-electron chi connectivity index (χ3n) is 3.15. The molecule has 2 aromatic heterocycles. The number of aromatic nitrogens is 2. The minimum Gasteiger partial charge on any atom is -0.320 e. The second kappa shape index (κ2) is 3.91. The van der Waals surface area contributed by atoms with E-state index in [0.717, 1.165) is 28.4 Å². The van der Waals surface area contributed by atoms with Crippen LogP contribution in [0.2, 0.25) is 0 Å². The van der Waals surface area contributed by atoms with Crippen molar-refractivity contribution in [1.82, 2.24) is 9.97 Å². The first kappa shape index (κ1) is 10.4. The Morgan fingerprint density at radius 1 is 1.25 bits per heavy atom. The fourth-order valence-electron chi connectivity index (χ4n) is 2.20. The quantitative estimate of drug-likeness (QED) is 0.892. The molecule has 0 radical (unpaired) electrons. The molecule has 2 aromatic rings. The van der Waals surface area contributed by atoms with E-state index in [0.29, 0.717) is 0 Å². The van der Waals surface area contributed by atoms with E-state index in [4.69, 9.17) is 5.73 Å². The maximum atomic E-state index is 6.38. The van der Waals surface area contributed by atoms with Gasteiger partial charge in [0.25, 0.3) is 0 Å². The van der Waals surface area contributed by atoms with Crippen molar-refractivity contribution in [3.05, 3.63) is 22.8 Å². The van der Waals surface area contributed by atoms with Crippen LogP contribution in [-0.2, 0) is 5.54 Å². The van der Waals surface area contributed by atoms with Crippen molar-refractivity contribution in [2.75, 3.05) is 0 Å². The molecule has 0 bridgehead atoms. The molecule has 2 N–H and O–H groups in total. The highest BCUT2D eigenvalue weighted by molar-refractivity contribution is 7.19. The van der Waals surface area contributed by atoms with Gasteiger partial charge in [-0.15, -0.1) is 22.7 Å². The Bertz CT molecular complexity index is 469. The minimum atomic E-state index is -0.167. The number of rotatable bonds is 2. The molecule has 1 saturated carbocycles. The van der Waals surface area contributed by atoms with Crippen molar-refractivity contribution >= 4 is 22.7 Å². The molecule has 84 valence electrons. The van der Waals surface area contributed by atoms with Crippen LogP contribution in [0.25, 0.3) is 9.88 Å². The first-order chi connectivity index (χ1) is 7.78. The molecular weight excluding hydrogens is 238 g/mol. The second-order valence-electron chi connectivity index (χ2n) is 4.27. The highest BCUT2D eigenvalue weighted by Crippen LogP contribution is 2.38. The Labute approximate surface area is 102 Å². The van der Waals surface area contributed by atoms with Gasteiger partial charge in [0.2, 0.25) is 0 Å². The van der Waals surface area contributed by atoms with E-state index >= 15 is 0 Å². The summed E-state index contributed by atoms with van der Waals surface area (Å²) < 4.78 is 0. The molecule has 1 aliphatic carbocycles. The molecule has 0 aromatic carbocycles. The van der Waals surface area contributed by atoms with Crippen LogP contribution >= 0.6 is 22.7 Å². The summed E-state index contributed by atoms with van der Waals surface area (Å²) in [5.74, 6) is 0. The Kier molecular flexibility index (Phi) is 2.53. The summed E-state index contributed by atoms with van der Waals surface area (Å²) in [6.07, 6.45) is 6.46. The lowest BCUT2D eigenvalue weighted by Gasteiger charge is -2.20. The molecule has 3 nitrogen and oxygen atoms in total.